The molecule has 0 nitrogen and oxygen atoms in total. The van der Waals surface area contributed by atoms with E-state index in [1.54, 1.807) is 0 Å². The fourth-order valence-corrected chi connectivity index (χ4v) is 1.24. The third kappa shape index (κ3) is 2.23. The van der Waals surface area contributed by atoms with Gasteiger partial charge in [0.15, 0.2) is 0 Å². The Balaban J connectivity index is 2.89. The molecule has 0 heteroatoms. The van der Waals surface area contributed by atoms with Crippen LogP contribution in [-0.4, -0.2) is 0 Å². The van der Waals surface area contributed by atoms with Crippen molar-refractivity contribution in [2.45, 2.75) is 27.2 Å². The number of aryl methyl sites for hydroxylation is 1. The highest BCUT2D eigenvalue weighted by Gasteiger charge is 1.92. The van der Waals surface area contributed by atoms with Crippen LogP contribution in [0, 0.1) is 6.92 Å². The minimum absolute atomic E-state index is 1.11. The summed E-state index contributed by atoms with van der Waals surface area (Å²) in [6, 6.07) is 8.66. The molecule has 0 amide bonds. The molecule has 0 unspecified atom stereocenters. The topological polar surface area (TPSA) is 0 Å². The first-order valence-corrected chi connectivity index (χ1v) is 4.48. The fourth-order valence-electron chi connectivity index (χ4n) is 1.24. The first-order valence-electron chi connectivity index (χ1n) is 4.48. The van der Waals surface area contributed by atoms with Crippen molar-refractivity contribution in [3.05, 3.63) is 41.5 Å². The van der Waals surface area contributed by atoms with Gasteiger partial charge in [0.1, 0.15) is 0 Å². The van der Waals surface area contributed by atoms with Gasteiger partial charge in [-0.1, -0.05) is 42.8 Å². The SMILES string of the molecule is CC/C=C(\C)c1ccc(C)cc1. The van der Waals surface area contributed by atoms with E-state index in [1.807, 2.05) is 0 Å². The lowest BCUT2D eigenvalue weighted by atomic mass is 10.1. The third-order valence-electron chi connectivity index (χ3n) is 2.02. The Morgan fingerprint density at radius 2 is 1.83 bits per heavy atom. The summed E-state index contributed by atoms with van der Waals surface area (Å²) in [5.41, 5.74) is 4.03. The Hall–Kier alpha value is -1.04. The van der Waals surface area contributed by atoms with Gasteiger partial charge < -0.3 is 0 Å². The van der Waals surface area contributed by atoms with Crippen molar-refractivity contribution in [1.82, 2.24) is 0 Å². The third-order valence-corrected chi connectivity index (χ3v) is 2.02. The van der Waals surface area contributed by atoms with Gasteiger partial charge in [0.05, 0.1) is 0 Å². The average Bonchev–Trinajstić information content (AvgIpc) is 2.06. The van der Waals surface area contributed by atoms with Crippen LogP contribution >= 0.6 is 0 Å². The molecule has 12 heavy (non-hydrogen) atoms. The summed E-state index contributed by atoms with van der Waals surface area (Å²) in [4.78, 5) is 0. The van der Waals surface area contributed by atoms with Gasteiger partial charge in [-0.2, -0.15) is 0 Å². The van der Waals surface area contributed by atoms with Crippen molar-refractivity contribution in [3.63, 3.8) is 0 Å². The van der Waals surface area contributed by atoms with Gasteiger partial charge in [-0.3, -0.25) is 0 Å². The molecule has 0 aliphatic heterocycles. The van der Waals surface area contributed by atoms with Crippen LogP contribution in [0.5, 0.6) is 0 Å². The second-order valence-electron chi connectivity index (χ2n) is 3.16. The molecule has 64 valence electrons. The number of hydrogen-bond donors (Lipinski definition) is 0. The van der Waals surface area contributed by atoms with Crippen LogP contribution in [0.4, 0.5) is 0 Å². The fraction of sp³-hybridized carbons (Fsp3) is 0.333. The van der Waals surface area contributed by atoms with Gasteiger partial charge in [-0.15, -0.1) is 0 Å². The highest BCUT2D eigenvalue weighted by atomic mass is 14.0. The van der Waals surface area contributed by atoms with Gasteiger partial charge in [0.25, 0.3) is 0 Å². The van der Waals surface area contributed by atoms with Crippen LogP contribution in [0.15, 0.2) is 30.3 Å². The second-order valence-corrected chi connectivity index (χ2v) is 3.16. The summed E-state index contributed by atoms with van der Waals surface area (Å²) < 4.78 is 0. The Bertz CT molecular complexity index is 265. The Morgan fingerprint density at radius 3 is 2.33 bits per heavy atom. The predicted octanol–water partition coefficient (Wildman–Crippen LogP) is 3.81. The van der Waals surface area contributed by atoms with Gasteiger partial charge in [0.2, 0.25) is 0 Å². The molecule has 0 bridgehead atoms. The standard InChI is InChI=1S/C12H16/c1-4-5-11(3)12-8-6-10(2)7-9-12/h5-9H,4H2,1-3H3/b11-5+. The van der Waals surface area contributed by atoms with E-state index in [0.717, 1.165) is 6.42 Å². The molecule has 0 aromatic heterocycles. The molecule has 0 spiro atoms. The zero-order valence-electron chi connectivity index (χ0n) is 8.09. The van der Waals surface area contributed by atoms with E-state index in [0.29, 0.717) is 0 Å². The maximum atomic E-state index is 2.25. The van der Waals surface area contributed by atoms with Crippen LogP contribution in [0.2, 0.25) is 0 Å². The summed E-state index contributed by atoms with van der Waals surface area (Å²) in [6.07, 6.45) is 3.37. The summed E-state index contributed by atoms with van der Waals surface area (Å²) in [6.45, 7) is 6.44. The maximum absolute atomic E-state index is 2.25. The number of rotatable bonds is 2. The highest BCUT2D eigenvalue weighted by Crippen LogP contribution is 2.14. The molecule has 0 saturated heterocycles. The van der Waals surface area contributed by atoms with E-state index >= 15 is 0 Å². The number of hydrogen-bond acceptors (Lipinski definition) is 0. The van der Waals surface area contributed by atoms with E-state index < -0.39 is 0 Å². The number of allylic oxidation sites excluding steroid dienone is 2. The normalized spacial score (nSPS) is 11.8. The Labute approximate surface area is 74.9 Å². The first-order chi connectivity index (χ1) is 5.74. The smallest absolute Gasteiger partial charge is 0.0230 e. The molecular formula is C12H16. The molecule has 0 saturated carbocycles. The van der Waals surface area contributed by atoms with Crippen LogP contribution in [0.25, 0.3) is 5.57 Å². The molecule has 0 aliphatic rings. The molecule has 0 atom stereocenters. The van der Waals surface area contributed by atoms with Gasteiger partial charge in [0, 0.05) is 0 Å². The van der Waals surface area contributed by atoms with E-state index in [2.05, 4.69) is 51.1 Å². The quantitative estimate of drug-likeness (QED) is 0.617. The highest BCUT2D eigenvalue weighted by molar-refractivity contribution is 5.63. The Morgan fingerprint density at radius 1 is 1.25 bits per heavy atom. The predicted molar refractivity (Wildman–Crippen MR) is 55.1 cm³/mol. The van der Waals surface area contributed by atoms with E-state index in [-0.39, 0.29) is 0 Å². The van der Waals surface area contributed by atoms with Crippen molar-refractivity contribution in [2.24, 2.45) is 0 Å². The summed E-state index contributed by atoms with van der Waals surface area (Å²) in [5, 5.41) is 0. The minimum Gasteiger partial charge on any atom is -0.0813 e. The molecule has 0 heterocycles. The summed E-state index contributed by atoms with van der Waals surface area (Å²) >= 11 is 0. The molecule has 0 radical (unpaired) electrons. The summed E-state index contributed by atoms with van der Waals surface area (Å²) in [5.74, 6) is 0. The van der Waals surface area contributed by atoms with Crippen LogP contribution in [-0.2, 0) is 0 Å². The molecule has 1 aromatic rings. The van der Waals surface area contributed by atoms with E-state index in [4.69, 9.17) is 0 Å². The zero-order chi connectivity index (χ0) is 8.97. The molecule has 0 aliphatic carbocycles. The van der Waals surface area contributed by atoms with Crippen LogP contribution < -0.4 is 0 Å². The van der Waals surface area contributed by atoms with Crippen molar-refractivity contribution < 1.29 is 0 Å². The van der Waals surface area contributed by atoms with E-state index in [1.165, 1.54) is 16.7 Å². The van der Waals surface area contributed by atoms with Crippen LogP contribution in [0.1, 0.15) is 31.4 Å². The molecule has 1 aromatic carbocycles. The molecule has 0 fully saturated rings. The average molecular weight is 160 g/mol. The van der Waals surface area contributed by atoms with Crippen molar-refractivity contribution in [3.8, 4) is 0 Å². The maximum Gasteiger partial charge on any atom is -0.0230 e. The lowest BCUT2D eigenvalue weighted by Crippen LogP contribution is -1.79. The molecule has 1 rings (SSSR count). The number of benzene rings is 1. The van der Waals surface area contributed by atoms with Crippen LogP contribution in [0.3, 0.4) is 0 Å². The summed E-state index contributed by atoms with van der Waals surface area (Å²) in [7, 11) is 0. The van der Waals surface area contributed by atoms with Crippen molar-refractivity contribution >= 4 is 5.57 Å². The van der Waals surface area contributed by atoms with Crippen molar-refractivity contribution in [2.75, 3.05) is 0 Å². The lowest BCUT2D eigenvalue weighted by Gasteiger charge is -2.00. The lowest BCUT2D eigenvalue weighted by molar-refractivity contribution is 1.22. The van der Waals surface area contributed by atoms with Gasteiger partial charge >= 0.3 is 0 Å². The van der Waals surface area contributed by atoms with E-state index in [9.17, 15) is 0 Å². The largest absolute Gasteiger partial charge is 0.0813 e. The van der Waals surface area contributed by atoms with Gasteiger partial charge in [-0.25, -0.2) is 0 Å². The monoisotopic (exact) mass is 160 g/mol. The first kappa shape index (κ1) is 9.05. The zero-order valence-corrected chi connectivity index (χ0v) is 8.09. The minimum atomic E-state index is 1.11. The molecular weight excluding hydrogens is 144 g/mol. The van der Waals surface area contributed by atoms with Crippen molar-refractivity contribution in [1.29, 1.82) is 0 Å². The Kier molecular flexibility index (Phi) is 3.09. The van der Waals surface area contributed by atoms with Gasteiger partial charge in [-0.05, 0) is 31.4 Å². The molecule has 0 N–H and O–H groups in total. The second kappa shape index (κ2) is 4.10.